The molecule has 1 unspecified atom stereocenters. The normalized spacial score (nSPS) is 20.8. The molecule has 1 aliphatic rings. The molecule has 1 atom stereocenters. The number of benzene rings is 1. The zero-order valence-corrected chi connectivity index (χ0v) is 16.6. The molecular formula is C20H28Cl2O3. The van der Waals surface area contributed by atoms with Crippen LogP contribution in [-0.4, -0.2) is 18.2 Å². The number of unbranched alkanes of at least 4 members (excludes halogenated alkanes) is 3. The van der Waals surface area contributed by atoms with Crippen LogP contribution in [0, 0.1) is 5.92 Å². The summed E-state index contributed by atoms with van der Waals surface area (Å²) in [5.74, 6) is -0.0718. The zero-order valence-electron chi connectivity index (χ0n) is 15.1. The number of ether oxygens (including phenoxy) is 2. The molecule has 0 radical (unpaired) electrons. The highest BCUT2D eigenvalue weighted by atomic mass is 35.5. The SMILES string of the molecule is CCCCCCC(C)C(=O)OC1CC(OCc2ccc(Cl)c(Cl)c2)C1. The second-order valence-corrected chi connectivity index (χ2v) is 7.78. The summed E-state index contributed by atoms with van der Waals surface area (Å²) in [5.41, 5.74) is 0.996. The van der Waals surface area contributed by atoms with Crippen LogP contribution in [0.2, 0.25) is 10.0 Å². The third-order valence-electron chi connectivity index (χ3n) is 4.70. The van der Waals surface area contributed by atoms with E-state index in [4.69, 9.17) is 32.7 Å². The molecule has 0 spiro atoms. The summed E-state index contributed by atoms with van der Waals surface area (Å²) in [7, 11) is 0. The molecule has 0 heterocycles. The molecule has 0 saturated heterocycles. The van der Waals surface area contributed by atoms with Crippen LogP contribution in [0.3, 0.4) is 0 Å². The van der Waals surface area contributed by atoms with Gasteiger partial charge in [0.05, 0.1) is 28.7 Å². The smallest absolute Gasteiger partial charge is 0.308 e. The number of carbonyl (C=O) groups is 1. The third kappa shape index (κ3) is 6.80. The van der Waals surface area contributed by atoms with Crippen LogP contribution in [0.1, 0.15) is 64.4 Å². The minimum Gasteiger partial charge on any atom is -0.462 e. The van der Waals surface area contributed by atoms with Gasteiger partial charge in [0.15, 0.2) is 0 Å². The van der Waals surface area contributed by atoms with E-state index in [0.29, 0.717) is 16.7 Å². The van der Waals surface area contributed by atoms with Gasteiger partial charge in [-0.2, -0.15) is 0 Å². The van der Waals surface area contributed by atoms with Gasteiger partial charge in [0.2, 0.25) is 0 Å². The van der Waals surface area contributed by atoms with E-state index in [0.717, 1.165) is 31.2 Å². The van der Waals surface area contributed by atoms with Gasteiger partial charge in [-0.3, -0.25) is 4.79 Å². The summed E-state index contributed by atoms with van der Waals surface area (Å²) in [6.07, 6.45) is 7.36. The van der Waals surface area contributed by atoms with Crippen molar-refractivity contribution in [3.8, 4) is 0 Å². The minimum atomic E-state index is -0.0653. The van der Waals surface area contributed by atoms with Crippen LogP contribution in [0.15, 0.2) is 18.2 Å². The van der Waals surface area contributed by atoms with Crippen molar-refractivity contribution >= 4 is 29.2 Å². The molecule has 140 valence electrons. The van der Waals surface area contributed by atoms with Crippen molar-refractivity contribution in [3.63, 3.8) is 0 Å². The molecule has 0 aliphatic heterocycles. The summed E-state index contributed by atoms with van der Waals surface area (Å²) in [6.45, 7) is 4.65. The molecule has 3 nitrogen and oxygen atoms in total. The van der Waals surface area contributed by atoms with E-state index in [1.54, 1.807) is 6.07 Å². The summed E-state index contributed by atoms with van der Waals surface area (Å²) in [5, 5.41) is 1.08. The van der Waals surface area contributed by atoms with Crippen molar-refractivity contribution in [1.29, 1.82) is 0 Å². The van der Waals surface area contributed by atoms with Crippen molar-refractivity contribution in [3.05, 3.63) is 33.8 Å². The minimum absolute atomic E-state index is 0.00407. The summed E-state index contributed by atoms with van der Waals surface area (Å²) >= 11 is 11.9. The van der Waals surface area contributed by atoms with Crippen LogP contribution < -0.4 is 0 Å². The van der Waals surface area contributed by atoms with Gasteiger partial charge in [0.25, 0.3) is 0 Å². The molecule has 0 N–H and O–H groups in total. The van der Waals surface area contributed by atoms with Gasteiger partial charge in [0.1, 0.15) is 6.10 Å². The first kappa shape index (κ1) is 20.5. The fraction of sp³-hybridized carbons (Fsp3) is 0.650. The Morgan fingerprint density at radius 1 is 1.16 bits per heavy atom. The first-order valence-corrected chi connectivity index (χ1v) is 10.0. The molecule has 0 bridgehead atoms. The van der Waals surface area contributed by atoms with Gasteiger partial charge in [-0.1, -0.05) is 68.8 Å². The highest BCUT2D eigenvalue weighted by Gasteiger charge is 2.33. The Balaban J connectivity index is 1.60. The number of hydrogen-bond donors (Lipinski definition) is 0. The van der Waals surface area contributed by atoms with Gasteiger partial charge >= 0.3 is 5.97 Å². The van der Waals surface area contributed by atoms with Gasteiger partial charge < -0.3 is 9.47 Å². The van der Waals surface area contributed by atoms with Gasteiger partial charge in [-0.15, -0.1) is 0 Å². The number of rotatable bonds is 10. The highest BCUT2D eigenvalue weighted by molar-refractivity contribution is 6.42. The Morgan fingerprint density at radius 2 is 1.92 bits per heavy atom. The molecule has 1 aromatic carbocycles. The van der Waals surface area contributed by atoms with Gasteiger partial charge in [-0.05, 0) is 24.1 Å². The lowest BCUT2D eigenvalue weighted by molar-refractivity contribution is -0.167. The van der Waals surface area contributed by atoms with Crippen LogP contribution in [0.25, 0.3) is 0 Å². The van der Waals surface area contributed by atoms with E-state index in [1.807, 2.05) is 19.1 Å². The first-order valence-electron chi connectivity index (χ1n) is 9.25. The van der Waals surface area contributed by atoms with E-state index >= 15 is 0 Å². The van der Waals surface area contributed by atoms with Crippen LogP contribution in [0.4, 0.5) is 0 Å². The zero-order chi connectivity index (χ0) is 18.2. The molecule has 5 heteroatoms. The van der Waals surface area contributed by atoms with Crippen molar-refractivity contribution in [2.75, 3.05) is 0 Å². The Labute approximate surface area is 161 Å². The number of carbonyl (C=O) groups excluding carboxylic acids is 1. The lowest BCUT2D eigenvalue weighted by Crippen LogP contribution is -2.39. The monoisotopic (exact) mass is 386 g/mol. The predicted octanol–water partition coefficient (Wildman–Crippen LogP) is 6.19. The molecular weight excluding hydrogens is 359 g/mol. The van der Waals surface area contributed by atoms with E-state index in [9.17, 15) is 4.79 Å². The Kier molecular flexibility index (Phi) is 8.54. The lowest BCUT2D eigenvalue weighted by atomic mass is 9.91. The van der Waals surface area contributed by atoms with E-state index < -0.39 is 0 Å². The molecule has 25 heavy (non-hydrogen) atoms. The standard InChI is InChI=1S/C20H28Cl2O3/c1-3-4-5-6-7-14(2)20(23)25-17-11-16(12-17)24-13-15-8-9-18(21)19(22)10-15/h8-10,14,16-17H,3-7,11-13H2,1-2H3. The Bertz CT molecular complexity index is 556. The number of esters is 1. The maximum atomic E-state index is 12.1. The quantitative estimate of drug-likeness (QED) is 0.355. The van der Waals surface area contributed by atoms with Crippen molar-refractivity contribution in [1.82, 2.24) is 0 Å². The largest absolute Gasteiger partial charge is 0.462 e. The highest BCUT2D eigenvalue weighted by Crippen LogP contribution is 2.29. The predicted molar refractivity (Wildman–Crippen MR) is 102 cm³/mol. The van der Waals surface area contributed by atoms with Crippen molar-refractivity contribution in [2.24, 2.45) is 5.92 Å². The third-order valence-corrected chi connectivity index (χ3v) is 5.44. The maximum absolute atomic E-state index is 12.1. The lowest BCUT2D eigenvalue weighted by Gasteiger charge is -2.35. The summed E-state index contributed by atoms with van der Waals surface area (Å²) < 4.78 is 11.4. The van der Waals surface area contributed by atoms with Crippen LogP contribution >= 0.6 is 23.2 Å². The topological polar surface area (TPSA) is 35.5 Å². The molecule has 2 rings (SSSR count). The molecule has 0 amide bonds. The molecule has 1 fully saturated rings. The van der Waals surface area contributed by atoms with E-state index in [1.165, 1.54) is 19.3 Å². The Hall–Kier alpha value is -0.770. The number of halogens is 2. The fourth-order valence-electron chi connectivity index (χ4n) is 2.87. The molecule has 0 aromatic heterocycles. The second kappa shape index (κ2) is 10.4. The van der Waals surface area contributed by atoms with E-state index in [2.05, 4.69) is 6.92 Å². The molecule has 1 aliphatic carbocycles. The average Bonchev–Trinajstić information content (AvgIpc) is 2.56. The second-order valence-electron chi connectivity index (χ2n) is 6.96. The van der Waals surface area contributed by atoms with Crippen molar-refractivity contribution < 1.29 is 14.3 Å². The number of hydrogen-bond acceptors (Lipinski definition) is 3. The maximum Gasteiger partial charge on any atom is 0.308 e. The van der Waals surface area contributed by atoms with E-state index in [-0.39, 0.29) is 24.1 Å². The molecule has 1 aromatic rings. The van der Waals surface area contributed by atoms with Crippen LogP contribution in [-0.2, 0) is 20.9 Å². The van der Waals surface area contributed by atoms with Crippen molar-refractivity contribution in [2.45, 2.75) is 77.6 Å². The van der Waals surface area contributed by atoms with Gasteiger partial charge in [-0.25, -0.2) is 0 Å². The summed E-state index contributed by atoms with van der Waals surface area (Å²) in [6, 6.07) is 5.50. The Morgan fingerprint density at radius 3 is 2.60 bits per heavy atom. The average molecular weight is 387 g/mol. The first-order chi connectivity index (χ1) is 12.0. The molecule has 1 saturated carbocycles. The fourth-order valence-corrected chi connectivity index (χ4v) is 3.19. The van der Waals surface area contributed by atoms with Gasteiger partial charge in [0, 0.05) is 12.8 Å². The van der Waals surface area contributed by atoms with Crippen LogP contribution in [0.5, 0.6) is 0 Å². The summed E-state index contributed by atoms with van der Waals surface area (Å²) in [4.78, 5) is 12.1.